The monoisotopic (exact) mass is 268 g/mol. The number of carbonyl (C=O) groups excluding carboxylic acids is 1. The molecule has 1 aromatic carbocycles. The van der Waals surface area contributed by atoms with Crippen LogP contribution >= 0.6 is 0 Å². The highest BCUT2D eigenvalue weighted by atomic mass is 16.5. The van der Waals surface area contributed by atoms with E-state index in [0.29, 0.717) is 30.1 Å². The first kappa shape index (κ1) is 12.2. The van der Waals surface area contributed by atoms with Crippen LogP contribution < -0.4 is 4.74 Å². The number of benzene rings is 1. The summed E-state index contributed by atoms with van der Waals surface area (Å²) in [5.74, 6) is 0.643. The van der Waals surface area contributed by atoms with Crippen LogP contribution in [0.25, 0.3) is 0 Å². The second-order valence-corrected chi connectivity index (χ2v) is 4.56. The van der Waals surface area contributed by atoms with E-state index in [0.717, 1.165) is 0 Å². The van der Waals surface area contributed by atoms with Gasteiger partial charge in [0, 0.05) is 6.20 Å². The molecule has 20 heavy (non-hydrogen) atoms. The number of hydrogen-bond donors (Lipinski definition) is 1. The van der Waals surface area contributed by atoms with E-state index in [-0.39, 0.29) is 12.0 Å². The molecule has 3 rings (SSSR count). The SMILES string of the molecule is N#Cc1ccc(OC2CN(C(=O)c3ccn[nH]3)C2)cc1. The Bertz CT molecular complexity index is 637. The molecule has 0 radical (unpaired) electrons. The van der Waals surface area contributed by atoms with Crippen LogP contribution in [-0.2, 0) is 0 Å². The number of H-pyrrole nitrogens is 1. The maximum absolute atomic E-state index is 11.9. The van der Waals surface area contributed by atoms with Crippen molar-refractivity contribution in [2.24, 2.45) is 0 Å². The summed E-state index contributed by atoms with van der Waals surface area (Å²) in [6, 6.07) is 10.6. The molecule has 6 nitrogen and oxygen atoms in total. The van der Waals surface area contributed by atoms with Crippen LogP contribution in [0, 0.1) is 11.3 Å². The lowest BCUT2D eigenvalue weighted by Gasteiger charge is -2.38. The van der Waals surface area contributed by atoms with Crippen molar-refractivity contribution >= 4 is 5.91 Å². The molecule has 0 saturated carbocycles. The molecular weight excluding hydrogens is 256 g/mol. The number of likely N-dealkylation sites (tertiary alicyclic amines) is 1. The molecule has 0 spiro atoms. The highest BCUT2D eigenvalue weighted by Crippen LogP contribution is 2.19. The Hall–Kier alpha value is -2.81. The Morgan fingerprint density at radius 3 is 2.70 bits per heavy atom. The second-order valence-electron chi connectivity index (χ2n) is 4.56. The van der Waals surface area contributed by atoms with Crippen molar-refractivity contribution in [1.29, 1.82) is 5.26 Å². The molecule has 0 atom stereocenters. The normalized spacial score (nSPS) is 14.4. The van der Waals surface area contributed by atoms with Gasteiger partial charge in [0.1, 0.15) is 17.5 Å². The third kappa shape index (κ3) is 2.34. The Morgan fingerprint density at radius 2 is 2.10 bits per heavy atom. The number of amides is 1. The van der Waals surface area contributed by atoms with Gasteiger partial charge in [-0.25, -0.2) is 0 Å². The molecule has 1 N–H and O–H groups in total. The van der Waals surface area contributed by atoms with Gasteiger partial charge in [0.25, 0.3) is 5.91 Å². The number of nitrogens with one attached hydrogen (secondary N) is 1. The number of carbonyl (C=O) groups is 1. The number of aromatic nitrogens is 2. The summed E-state index contributed by atoms with van der Waals surface area (Å²) in [6.45, 7) is 1.11. The van der Waals surface area contributed by atoms with E-state index in [1.54, 1.807) is 41.4 Å². The number of hydrogen-bond acceptors (Lipinski definition) is 4. The molecule has 2 heterocycles. The van der Waals surface area contributed by atoms with Crippen LogP contribution in [0.15, 0.2) is 36.5 Å². The predicted octanol–water partition coefficient (Wildman–Crippen LogP) is 1.18. The van der Waals surface area contributed by atoms with Crippen LogP contribution in [0.4, 0.5) is 0 Å². The molecule has 0 aliphatic carbocycles. The zero-order valence-corrected chi connectivity index (χ0v) is 10.6. The predicted molar refractivity (Wildman–Crippen MR) is 70.1 cm³/mol. The summed E-state index contributed by atoms with van der Waals surface area (Å²) in [5, 5.41) is 15.1. The van der Waals surface area contributed by atoms with Gasteiger partial charge in [0.05, 0.1) is 24.7 Å². The van der Waals surface area contributed by atoms with Gasteiger partial charge in [-0.15, -0.1) is 0 Å². The number of aromatic amines is 1. The van der Waals surface area contributed by atoms with Gasteiger partial charge in [-0.2, -0.15) is 10.4 Å². The lowest BCUT2D eigenvalue weighted by atomic mass is 10.1. The van der Waals surface area contributed by atoms with Gasteiger partial charge in [0.2, 0.25) is 0 Å². The fourth-order valence-electron chi connectivity index (χ4n) is 2.02. The molecule has 0 bridgehead atoms. The minimum absolute atomic E-state index is 0.00481. The first-order valence-corrected chi connectivity index (χ1v) is 6.22. The molecule has 1 aliphatic heterocycles. The average molecular weight is 268 g/mol. The highest BCUT2D eigenvalue weighted by Gasteiger charge is 2.33. The number of nitrogens with zero attached hydrogens (tertiary/aromatic N) is 3. The first-order chi connectivity index (χ1) is 9.76. The van der Waals surface area contributed by atoms with Gasteiger partial charge in [0.15, 0.2) is 0 Å². The van der Waals surface area contributed by atoms with Crippen molar-refractivity contribution in [2.75, 3.05) is 13.1 Å². The molecule has 0 unspecified atom stereocenters. The van der Waals surface area contributed by atoms with Crippen LogP contribution in [-0.4, -0.2) is 40.2 Å². The average Bonchev–Trinajstić information content (AvgIpc) is 2.96. The molecule has 1 saturated heterocycles. The molecular formula is C14H12N4O2. The molecule has 1 fully saturated rings. The smallest absolute Gasteiger partial charge is 0.272 e. The molecule has 6 heteroatoms. The van der Waals surface area contributed by atoms with Crippen molar-refractivity contribution in [1.82, 2.24) is 15.1 Å². The molecule has 100 valence electrons. The summed E-state index contributed by atoms with van der Waals surface area (Å²) >= 11 is 0. The van der Waals surface area contributed by atoms with E-state index >= 15 is 0 Å². The fraction of sp³-hybridized carbons (Fsp3) is 0.214. The number of rotatable bonds is 3. The third-order valence-corrected chi connectivity index (χ3v) is 3.15. The van der Waals surface area contributed by atoms with E-state index < -0.39 is 0 Å². The minimum Gasteiger partial charge on any atom is -0.487 e. The summed E-state index contributed by atoms with van der Waals surface area (Å²) in [6.07, 6.45) is 1.55. The Balaban J connectivity index is 1.53. The van der Waals surface area contributed by atoms with Crippen molar-refractivity contribution in [3.63, 3.8) is 0 Å². The molecule has 1 aliphatic rings. The van der Waals surface area contributed by atoms with Crippen LogP contribution in [0.2, 0.25) is 0 Å². The Kier molecular flexibility index (Phi) is 3.09. The molecule has 1 aromatic heterocycles. The van der Waals surface area contributed by atoms with Gasteiger partial charge in [-0.05, 0) is 30.3 Å². The molecule has 2 aromatic rings. The zero-order valence-electron chi connectivity index (χ0n) is 10.6. The van der Waals surface area contributed by atoms with Gasteiger partial charge in [-0.3, -0.25) is 9.89 Å². The quantitative estimate of drug-likeness (QED) is 0.906. The van der Waals surface area contributed by atoms with Crippen LogP contribution in [0.5, 0.6) is 5.75 Å². The summed E-state index contributed by atoms with van der Waals surface area (Å²) < 4.78 is 5.72. The van der Waals surface area contributed by atoms with Gasteiger partial charge < -0.3 is 9.64 Å². The van der Waals surface area contributed by atoms with E-state index in [4.69, 9.17) is 10.00 Å². The van der Waals surface area contributed by atoms with Crippen molar-refractivity contribution in [3.05, 3.63) is 47.8 Å². The van der Waals surface area contributed by atoms with Crippen molar-refractivity contribution in [2.45, 2.75) is 6.10 Å². The number of ether oxygens (including phenoxy) is 1. The first-order valence-electron chi connectivity index (χ1n) is 6.22. The second kappa shape index (κ2) is 5.05. The Morgan fingerprint density at radius 1 is 1.35 bits per heavy atom. The maximum atomic E-state index is 11.9. The van der Waals surface area contributed by atoms with Crippen LogP contribution in [0.3, 0.4) is 0 Å². The van der Waals surface area contributed by atoms with Crippen molar-refractivity contribution in [3.8, 4) is 11.8 Å². The summed E-state index contributed by atoms with van der Waals surface area (Å²) in [4.78, 5) is 13.6. The van der Waals surface area contributed by atoms with E-state index in [1.807, 2.05) is 0 Å². The fourth-order valence-corrected chi connectivity index (χ4v) is 2.02. The summed E-state index contributed by atoms with van der Waals surface area (Å²) in [7, 11) is 0. The van der Waals surface area contributed by atoms with Gasteiger partial charge >= 0.3 is 0 Å². The lowest BCUT2D eigenvalue weighted by Crippen LogP contribution is -2.56. The summed E-state index contributed by atoms with van der Waals surface area (Å²) in [5.41, 5.74) is 1.09. The van der Waals surface area contributed by atoms with Crippen molar-refractivity contribution < 1.29 is 9.53 Å². The highest BCUT2D eigenvalue weighted by molar-refractivity contribution is 5.92. The molecule has 1 amide bonds. The minimum atomic E-state index is -0.0674. The number of nitriles is 1. The van der Waals surface area contributed by atoms with E-state index in [1.165, 1.54) is 0 Å². The van der Waals surface area contributed by atoms with Crippen LogP contribution in [0.1, 0.15) is 16.1 Å². The largest absolute Gasteiger partial charge is 0.487 e. The third-order valence-electron chi connectivity index (χ3n) is 3.15. The van der Waals surface area contributed by atoms with Gasteiger partial charge in [-0.1, -0.05) is 0 Å². The zero-order chi connectivity index (χ0) is 13.9. The topological polar surface area (TPSA) is 82.0 Å². The van der Waals surface area contributed by atoms with E-state index in [9.17, 15) is 4.79 Å². The Labute approximate surface area is 115 Å². The standard InChI is InChI=1S/C14H12N4O2/c15-7-10-1-3-11(4-2-10)20-12-8-18(9-12)14(19)13-5-6-16-17-13/h1-6,12H,8-9H2,(H,16,17). The maximum Gasteiger partial charge on any atom is 0.272 e. The lowest BCUT2D eigenvalue weighted by molar-refractivity contribution is 0.0173. The van der Waals surface area contributed by atoms with E-state index in [2.05, 4.69) is 16.3 Å².